The molecule has 0 bridgehead atoms. The molecule has 3 N–H and O–H groups in total. The molecule has 0 spiro atoms. The van der Waals surface area contributed by atoms with E-state index in [0.717, 1.165) is 11.5 Å². The van der Waals surface area contributed by atoms with Crippen molar-refractivity contribution in [2.45, 2.75) is 13.5 Å². The SMILES string of the molecule is Cc1ccc(CN(C)C(=O)CNc2ccccc2C(N)=O)o1. The summed E-state index contributed by atoms with van der Waals surface area (Å²) in [4.78, 5) is 25.0. The predicted molar refractivity (Wildman–Crippen MR) is 83.4 cm³/mol. The molecule has 0 radical (unpaired) electrons. The van der Waals surface area contributed by atoms with E-state index in [9.17, 15) is 9.59 Å². The van der Waals surface area contributed by atoms with Crippen molar-refractivity contribution in [3.8, 4) is 0 Å². The Morgan fingerprint density at radius 3 is 2.59 bits per heavy atom. The van der Waals surface area contributed by atoms with Gasteiger partial charge in [-0.3, -0.25) is 9.59 Å². The average Bonchev–Trinajstić information content (AvgIpc) is 2.90. The third kappa shape index (κ3) is 3.88. The fourth-order valence-corrected chi connectivity index (χ4v) is 2.05. The lowest BCUT2D eigenvalue weighted by Gasteiger charge is -2.17. The van der Waals surface area contributed by atoms with Gasteiger partial charge in [0.2, 0.25) is 5.91 Å². The molecule has 0 fully saturated rings. The lowest BCUT2D eigenvalue weighted by atomic mass is 10.1. The highest BCUT2D eigenvalue weighted by Gasteiger charge is 2.13. The molecule has 6 nitrogen and oxygen atoms in total. The Hall–Kier alpha value is -2.76. The van der Waals surface area contributed by atoms with Gasteiger partial charge in [-0.25, -0.2) is 0 Å². The second-order valence-electron chi connectivity index (χ2n) is 5.03. The molecule has 0 unspecified atom stereocenters. The van der Waals surface area contributed by atoms with Gasteiger partial charge in [0.1, 0.15) is 11.5 Å². The van der Waals surface area contributed by atoms with E-state index in [0.29, 0.717) is 17.8 Å². The highest BCUT2D eigenvalue weighted by Crippen LogP contribution is 2.14. The molecule has 2 aromatic rings. The second-order valence-corrected chi connectivity index (χ2v) is 5.03. The van der Waals surface area contributed by atoms with Crippen LogP contribution in [0.25, 0.3) is 0 Å². The van der Waals surface area contributed by atoms with Gasteiger partial charge in [0.05, 0.1) is 18.7 Å². The number of hydrogen-bond donors (Lipinski definition) is 2. The van der Waals surface area contributed by atoms with Crippen LogP contribution in [0.5, 0.6) is 0 Å². The number of para-hydroxylation sites is 1. The second kappa shape index (κ2) is 6.80. The summed E-state index contributed by atoms with van der Waals surface area (Å²) in [7, 11) is 1.70. The van der Waals surface area contributed by atoms with E-state index >= 15 is 0 Å². The molecule has 0 saturated heterocycles. The summed E-state index contributed by atoms with van der Waals surface area (Å²) in [6, 6.07) is 10.5. The first-order valence-corrected chi connectivity index (χ1v) is 6.89. The summed E-state index contributed by atoms with van der Waals surface area (Å²) >= 11 is 0. The van der Waals surface area contributed by atoms with E-state index in [1.807, 2.05) is 19.1 Å². The number of primary amides is 1. The minimum absolute atomic E-state index is 0.0699. The molecule has 116 valence electrons. The van der Waals surface area contributed by atoms with E-state index in [-0.39, 0.29) is 12.5 Å². The van der Waals surface area contributed by atoms with Gasteiger partial charge in [0.15, 0.2) is 0 Å². The van der Waals surface area contributed by atoms with Gasteiger partial charge in [-0.1, -0.05) is 12.1 Å². The zero-order chi connectivity index (χ0) is 16.1. The number of rotatable bonds is 6. The van der Waals surface area contributed by atoms with Crippen LogP contribution in [0.1, 0.15) is 21.9 Å². The van der Waals surface area contributed by atoms with Crippen LogP contribution in [-0.2, 0) is 11.3 Å². The van der Waals surface area contributed by atoms with E-state index in [4.69, 9.17) is 10.2 Å². The number of aryl methyl sites for hydroxylation is 1. The van der Waals surface area contributed by atoms with Crippen molar-refractivity contribution in [1.29, 1.82) is 0 Å². The number of furan rings is 1. The third-order valence-corrected chi connectivity index (χ3v) is 3.24. The Kier molecular flexibility index (Phi) is 4.83. The van der Waals surface area contributed by atoms with Crippen LogP contribution in [0.15, 0.2) is 40.8 Å². The molecule has 0 atom stereocenters. The lowest BCUT2D eigenvalue weighted by molar-refractivity contribution is -0.128. The van der Waals surface area contributed by atoms with Gasteiger partial charge in [-0.05, 0) is 31.2 Å². The lowest BCUT2D eigenvalue weighted by Crippen LogP contribution is -2.32. The van der Waals surface area contributed by atoms with Crippen LogP contribution < -0.4 is 11.1 Å². The van der Waals surface area contributed by atoms with Crippen LogP contribution in [0.3, 0.4) is 0 Å². The van der Waals surface area contributed by atoms with Crippen molar-refractivity contribution in [1.82, 2.24) is 4.90 Å². The zero-order valence-corrected chi connectivity index (χ0v) is 12.6. The molecule has 2 rings (SSSR count). The minimum Gasteiger partial charge on any atom is -0.464 e. The summed E-state index contributed by atoms with van der Waals surface area (Å²) in [6.07, 6.45) is 0. The maximum atomic E-state index is 12.1. The standard InChI is InChI=1S/C16H19N3O3/c1-11-7-8-12(22-11)10-19(2)15(20)9-18-14-6-4-3-5-13(14)16(17)21/h3-8,18H,9-10H2,1-2H3,(H2,17,21). The molecule has 22 heavy (non-hydrogen) atoms. The number of nitrogens with two attached hydrogens (primary N) is 1. The molecule has 0 aliphatic heterocycles. The molecule has 2 amide bonds. The summed E-state index contributed by atoms with van der Waals surface area (Å²) in [5.41, 5.74) is 6.21. The molecule has 1 aromatic heterocycles. The number of benzene rings is 1. The fraction of sp³-hybridized carbons (Fsp3) is 0.250. The Balaban J connectivity index is 1.93. The molecule has 1 aromatic carbocycles. The van der Waals surface area contributed by atoms with Crippen molar-refractivity contribution in [2.24, 2.45) is 5.73 Å². The monoisotopic (exact) mass is 301 g/mol. The van der Waals surface area contributed by atoms with Gasteiger partial charge in [0.25, 0.3) is 5.91 Å². The molecular formula is C16H19N3O3. The topological polar surface area (TPSA) is 88.6 Å². The molecule has 6 heteroatoms. The van der Waals surface area contributed by atoms with Crippen molar-refractivity contribution >= 4 is 17.5 Å². The zero-order valence-electron chi connectivity index (χ0n) is 12.6. The third-order valence-electron chi connectivity index (χ3n) is 3.24. The van der Waals surface area contributed by atoms with Crippen LogP contribution in [0, 0.1) is 6.92 Å². The van der Waals surface area contributed by atoms with E-state index < -0.39 is 5.91 Å². The van der Waals surface area contributed by atoms with Gasteiger partial charge in [-0.15, -0.1) is 0 Å². The van der Waals surface area contributed by atoms with Crippen LogP contribution in [0.2, 0.25) is 0 Å². The van der Waals surface area contributed by atoms with Crippen molar-refractivity contribution < 1.29 is 14.0 Å². The fourth-order valence-electron chi connectivity index (χ4n) is 2.05. The van der Waals surface area contributed by atoms with Gasteiger partial charge >= 0.3 is 0 Å². The summed E-state index contributed by atoms with van der Waals surface area (Å²) < 4.78 is 5.44. The van der Waals surface area contributed by atoms with Crippen LogP contribution in [0.4, 0.5) is 5.69 Å². The number of carbonyl (C=O) groups excluding carboxylic acids is 2. The number of nitrogens with zero attached hydrogens (tertiary/aromatic N) is 1. The smallest absolute Gasteiger partial charge is 0.250 e. The molecular weight excluding hydrogens is 282 g/mol. The van der Waals surface area contributed by atoms with E-state index in [1.54, 1.807) is 36.2 Å². The van der Waals surface area contributed by atoms with Gasteiger partial charge in [0, 0.05) is 12.7 Å². The largest absolute Gasteiger partial charge is 0.464 e. The van der Waals surface area contributed by atoms with Crippen molar-refractivity contribution in [2.75, 3.05) is 18.9 Å². The Morgan fingerprint density at radius 1 is 1.23 bits per heavy atom. The molecule has 0 aliphatic carbocycles. The Morgan fingerprint density at radius 2 is 1.95 bits per heavy atom. The molecule has 1 heterocycles. The first-order chi connectivity index (χ1) is 10.5. The minimum atomic E-state index is -0.532. The number of anilines is 1. The molecule has 0 aliphatic rings. The number of hydrogen-bond acceptors (Lipinski definition) is 4. The van der Waals surface area contributed by atoms with Crippen molar-refractivity contribution in [3.05, 3.63) is 53.5 Å². The number of likely N-dealkylation sites (N-methyl/N-ethyl adjacent to an activating group) is 1. The van der Waals surface area contributed by atoms with Gasteiger partial charge < -0.3 is 20.4 Å². The number of amides is 2. The summed E-state index contributed by atoms with van der Waals surface area (Å²) in [5.74, 6) is 0.888. The first-order valence-electron chi connectivity index (χ1n) is 6.89. The van der Waals surface area contributed by atoms with Gasteiger partial charge in [-0.2, -0.15) is 0 Å². The van der Waals surface area contributed by atoms with Crippen LogP contribution in [-0.4, -0.2) is 30.3 Å². The summed E-state index contributed by atoms with van der Waals surface area (Å²) in [6.45, 7) is 2.32. The average molecular weight is 301 g/mol. The Bertz CT molecular complexity index is 679. The number of nitrogens with one attached hydrogen (secondary N) is 1. The maximum Gasteiger partial charge on any atom is 0.250 e. The van der Waals surface area contributed by atoms with E-state index in [1.165, 1.54) is 0 Å². The Labute approximate surface area is 128 Å². The van der Waals surface area contributed by atoms with Crippen LogP contribution >= 0.6 is 0 Å². The predicted octanol–water partition coefficient (Wildman–Crippen LogP) is 1.76. The van der Waals surface area contributed by atoms with E-state index in [2.05, 4.69) is 5.32 Å². The first kappa shape index (κ1) is 15.6. The maximum absolute atomic E-state index is 12.1. The highest BCUT2D eigenvalue weighted by molar-refractivity contribution is 5.98. The summed E-state index contributed by atoms with van der Waals surface area (Å²) in [5, 5.41) is 2.94. The normalized spacial score (nSPS) is 10.3. The quantitative estimate of drug-likeness (QED) is 0.851. The van der Waals surface area contributed by atoms with Crippen molar-refractivity contribution in [3.63, 3.8) is 0 Å². The highest BCUT2D eigenvalue weighted by atomic mass is 16.3. The number of carbonyl (C=O) groups is 2. The molecule has 0 saturated carbocycles.